The Labute approximate surface area is 143 Å². The van der Waals surface area contributed by atoms with Crippen LogP contribution in [-0.2, 0) is 0 Å². The first-order chi connectivity index (χ1) is 12.3. The summed E-state index contributed by atoms with van der Waals surface area (Å²) in [5.74, 6) is 0. The predicted molar refractivity (Wildman–Crippen MR) is 103 cm³/mol. The van der Waals surface area contributed by atoms with E-state index in [1.165, 1.54) is 10.9 Å². The monoisotopic (exact) mass is 322 g/mol. The Morgan fingerprint density at radius 2 is 1.08 bits per heavy atom. The van der Waals surface area contributed by atoms with Crippen LogP contribution in [0.15, 0.2) is 75.6 Å². The minimum atomic E-state index is 0.922. The number of furan rings is 2. The van der Waals surface area contributed by atoms with E-state index in [2.05, 4.69) is 55.5 Å². The van der Waals surface area contributed by atoms with Crippen molar-refractivity contribution >= 4 is 54.6 Å². The maximum Gasteiger partial charge on any atom is 0.143 e. The van der Waals surface area contributed by atoms with Gasteiger partial charge in [-0.2, -0.15) is 0 Å². The molecule has 2 heteroatoms. The Morgan fingerprint density at radius 3 is 1.80 bits per heavy atom. The molecule has 2 heterocycles. The third-order valence-corrected chi connectivity index (χ3v) is 5.13. The Bertz CT molecular complexity index is 1450. The second-order valence-electron chi connectivity index (χ2n) is 6.68. The standard InChI is InChI=1S/C23H14O2/c1-13-6-11-21-19(12-13)18-10-9-16-17(23(18)25-21)8-7-15-14-4-2-3-5-20(14)24-22(15)16/h2-12H,1H3. The summed E-state index contributed by atoms with van der Waals surface area (Å²) in [6.07, 6.45) is 0. The molecule has 0 atom stereocenters. The van der Waals surface area contributed by atoms with E-state index in [1.54, 1.807) is 0 Å². The minimum Gasteiger partial charge on any atom is -0.455 e. The molecule has 0 spiro atoms. The second kappa shape index (κ2) is 4.42. The summed E-state index contributed by atoms with van der Waals surface area (Å²) in [5.41, 5.74) is 4.95. The highest BCUT2D eigenvalue weighted by Crippen LogP contribution is 2.39. The van der Waals surface area contributed by atoms with Crippen molar-refractivity contribution in [1.82, 2.24) is 0 Å². The van der Waals surface area contributed by atoms with Crippen molar-refractivity contribution in [2.24, 2.45) is 0 Å². The highest BCUT2D eigenvalue weighted by Gasteiger charge is 2.15. The zero-order chi connectivity index (χ0) is 16.5. The number of aryl methyl sites for hydroxylation is 1. The first-order valence-electron chi connectivity index (χ1n) is 8.45. The summed E-state index contributed by atoms with van der Waals surface area (Å²) >= 11 is 0. The molecule has 6 rings (SSSR count). The smallest absolute Gasteiger partial charge is 0.143 e. The van der Waals surface area contributed by atoms with E-state index in [1.807, 2.05) is 18.2 Å². The van der Waals surface area contributed by atoms with Gasteiger partial charge in [-0.3, -0.25) is 0 Å². The fourth-order valence-corrected chi connectivity index (χ4v) is 3.94. The Hall–Kier alpha value is -3.26. The summed E-state index contributed by atoms with van der Waals surface area (Å²) in [6.45, 7) is 2.11. The zero-order valence-corrected chi connectivity index (χ0v) is 13.7. The Kier molecular flexibility index (Phi) is 2.31. The van der Waals surface area contributed by atoms with E-state index in [0.29, 0.717) is 0 Å². The van der Waals surface area contributed by atoms with Gasteiger partial charge in [-0.25, -0.2) is 0 Å². The van der Waals surface area contributed by atoms with Crippen molar-refractivity contribution in [1.29, 1.82) is 0 Å². The summed E-state index contributed by atoms with van der Waals surface area (Å²) in [5, 5.41) is 6.81. The minimum absolute atomic E-state index is 0.922. The molecule has 0 aliphatic rings. The molecule has 4 aromatic carbocycles. The predicted octanol–water partition coefficient (Wildman–Crippen LogP) is 6.95. The molecule has 0 aliphatic heterocycles. The lowest BCUT2D eigenvalue weighted by atomic mass is 10.0. The van der Waals surface area contributed by atoms with E-state index < -0.39 is 0 Å². The molecular formula is C23H14O2. The molecule has 0 N–H and O–H groups in total. The van der Waals surface area contributed by atoms with Crippen molar-refractivity contribution in [3.63, 3.8) is 0 Å². The van der Waals surface area contributed by atoms with Gasteiger partial charge in [-0.05, 0) is 49.4 Å². The van der Waals surface area contributed by atoms with Gasteiger partial charge in [0.2, 0.25) is 0 Å². The van der Waals surface area contributed by atoms with Crippen LogP contribution in [0.4, 0.5) is 0 Å². The van der Waals surface area contributed by atoms with Gasteiger partial charge in [0.25, 0.3) is 0 Å². The summed E-state index contributed by atoms with van der Waals surface area (Å²) in [7, 11) is 0. The maximum absolute atomic E-state index is 6.20. The van der Waals surface area contributed by atoms with Gasteiger partial charge in [-0.1, -0.05) is 29.8 Å². The van der Waals surface area contributed by atoms with Gasteiger partial charge in [0.15, 0.2) is 0 Å². The van der Waals surface area contributed by atoms with Gasteiger partial charge >= 0.3 is 0 Å². The molecule has 25 heavy (non-hydrogen) atoms. The third-order valence-electron chi connectivity index (χ3n) is 5.13. The van der Waals surface area contributed by atoms with Gasteiger partial charge in [0.05, 0.1) is 0 Å². The third kappa shape index (κ3) is 1.64. The molecule has 0 amide bonds. The van der Waals surface area contributed by atoms with Crippen LogP contribution in [0.2, 0.25) is 0 Å². The van der Waals surface area contributed by atoms with Crippen LogP contribution < -0.4 is 0 Å². The van der Waals surface area contributed by atoms with E-state index >= 15 is 0 Å². The maximum atomic E-state index is 6.20. The van der Waals surface area contributed by atoms with Crippen molar-refractivity contribution in [2.75, 3.05) is 0 Å². The lowest BCUT2D eigenvalue weighted by Crippen LogP contribution is -1.75. The largest absolute Gasteiger partial charge is 0.455 e. The fraction of sp³-hybridized carbons (Fsp3) is 0.0435. The fourth-order valence-electron chi connectivity index (χ4n) is 3.94. The molecular weight excluding hydrogens is 308 g/mol. The van der Waals surface area contributed by atoms with Crippen LogP contribution in [0.3, 0.4) is 0 Å². The Balaban J connectivity index is 1.84. The van der Waals surface area contributed by atoms with Crippen LogP contribution in [0.1, 0.15) is 5.56 Å². The highest BCUT2D eigenvalue weighted by atomic mass is 16.3. The first kappa shape index (κ1) is 13.1. The molecule has 0 aliphatic carbocycles. The van der Waals surface area contributed by atoms with E-state index in [0.717, 1.165) is 49.3 Å². The summed E-state index contributed by atoms with van der Waals surface area (Å²) < 4.78 is 12.4. The van der Waals surface area contributed by atoms with Crippen LogP contribution in [0, 0.1) is 6.92 Å². The lowest BCUT2D eigenvalue weighted by Gasteiger charge is -2.00. The van der Waals surface area contributed by atoms with Gasteiger partial charge in [0, 0.05) is 32.3 Å². The first-order valence-corrected chi connectivity index (χ1v) is 8.45. The molecule has 0 unspecified atom stereocenters. The van der Waals surface area contributed by atoms with Gasteiger partial charge in [-0.15, -0.1) is 0 Å². The Morgan fingerprint density at radius 1 is 0.520 bits per heavy atom. The van der Waals surface area contributed by atoms with Crippen LogP contribution >= 0.6 is 0 Å². The van der Waals surface area contributed by atoms with Gasteiger partial charge < -0.3 is 8.83 Å². The lowest BCUT2D eigenvalue weighted by molar-refractivity contribution is 0.669. The number of rotatable bonds is 0. The van der Waals surface area contributed by atoms with E-state index in [9.17, 15) is 0 Å². The average Bonchev–Trinajstić information content (AvgIpc) is 3.19. The van der Waals surface area contributed by atoms with Crippen LogP contribution in [0.25, 0.3) is 54.6 Å². The van der Waals surface area contributed by atoms with Crippen molar-refractivity contribution < 1.29 is 8.83 Å². The van der Waals surface area contributed by atoms with Crippen molar-refractivity contribution in [2.45, 2.75) is 6.92 Å². The van der Waals surface area contributed by atoms with E-state index in [-0.39, 0.29) is 0 Å². The summed E-state index contributed by atoms with van der Waals surface area (Å²) in [4.78, 5) is 0. The number of para-hydroxylation sites is 1. The highest BCUT2D eigenvalue weighted by molar-refractivity contribution is 6.22. The topological polar surface area (TPSA) is 26.3 Å². The SMILES string of the molecule is Cc1ccc2oc3c(ccc4c3ccc3c5ccccc5oc34)c2c1. The van der Waals surface area contributed by atoms with Crippen molar-refractivity contribution in [3.05, 3.63) is 72.3 Å². The molecule has 0 saturated heterocycles. The molecule has 118 valence electrons. The normalized spacial score (nSPS) is 12.2. The summed E-state index contributed by atoms with van der Waals surface area (Å²) in [6, 6.07) is 23.1. The molecule has 2 aromatic heterocycles. The van der Waals surface area contributed by atoms with Crippen LogP contribution in [0.5, 0.6) is 0 Å². The quantitative estimate of drug-likeness (QED) is 0.302. The molecule has 6 aromatic rings. The number of hydrogen-bond acceptors (Lipinski definition) is 2. The zero-order valence-electron chi connectivity index (χ0n) is 13.7. The van der Waals surface area contributed by atoms with Gasteiger partial charge in [0.1, 0.15) is 22.3 Å². The molecule has 2 nitrogen and oxygen atoms in total. The number of benzene rings is 4. The molecule has 0 fully saturated rings. The molecule has 0 bridgehead atoms. The average molecular weight is 322 g/mol. The second-order valence-corrected chi connectivity index (χ2v) is 6.68. The number of hydrogen-bond donors (Lipinski definition) is 0. The van der Waals surface area contributed by atoms with Crippen LogP contribution in [-0.4, -0.2) is 0 Å². The molecule has 0 saturated carbocycles. The van der Waals surface area contributed by atoms with Crippen molar-refractivity contribution in [3.8, 4) is 0 Å². The molecule has 0 radical (unpaired) electrons. The number of fused-ring (bicyclic) bond motifs is 9. The van der Waals surface area contributed by atoms with E-state index in [4.69, 9.17) is 8.83 Å².